The first-order valence-electron chi connectivity index (χ1n) is 12.4. The van der Waals surface area contributed by atoms with Crippen molar-refractivity contribution < 1.29 is 32.2 Å². The molecule has 1 amide bonds. The maximum Gasteiger partial charge on any atom is 0.490 e. The molecule has 3 N–H and O–H groups in total. The van der Waals surface area contributed by atoms with Crippen LogP contribution >= 0.6 is 11.6 Å². The Bertz CT molecular complexity index is 1270. The van der Waals surface area contributed by atoms with Gasteiger partial charge in [-0.05, 0) is 55.5 Å². The van der Waals surface area contributed by atoms with Crippen LogP contribution < -0.4 is 10.6 Å². The van der Waals surface area contributed by atoms with Crippen LogP contribution in [0.5, 0.6) is 0 Å². The Labute approximate surface area is 223 Å². The molecule has 7 nitrogen and oxygen atoms in total. The quantitative estimate of drug-likeness (QED) is 0.322. The standard InChI is InChI=1S/C27H29ClF3N3O4/c1-16(32-15-23(38-26(36)27(29,30)31)17-4-2-5-19(28)13-17)12-18-14-33-24-21(18)6-3-7-22(24)25(35)34-20-8-10-37-11-9-20/h2-7,13-14,16,20,23,32-33H,8-12,15H2,1H3,(H,34,35)/t16-,23+/m1/s1. The van der Waals surface area contributed by atoms with Crippen molar-refractivity contribution in [1.29, 1.82) is 0 Å². The third-order valence-electron chi connectivity index (χ3n) is 6.48. The third kappa shape index (κ3) is 7.06. The number of esters is 1. The minimum absolute atomic E-state index is 0.0511. The van der Waals surface area contributed by atoms with Crippen molar-refractivity contribution in [2.45, 2.75) is 50.6 Å². The van der Waals surface area contributed by atoms with E-state index in [0.29, 0.717) is 35.8 Å². The van der Waals surface area contributed by atoms with E-state index in [1.807, 2.05) is 25.3 Å². The Kier molecular flexibility index (Phi) is 8.96. The Morgan fingerprint density at radius 2 is 1.92 bits per heavy atom. The molecule has 2 atom stereocenters. The number of aromatic amines is 1. The number of benzene rings is 2. The molecule has 3 aromatic rings. The number of hydrogen-bond donors (Lipinski definition) is 3. The lowest BCUT2D eigenvalue weighted by molar-refractivity contribution is -0.205. The van der Waals surface area contributed by atoms with Crippen LogP contribution in [0, 0.1) is 0 Å². The molecule has 1 fully saturated rings. The van der Waals surface area contributed by atoms with Gasteiger partial charge in [0.1, 0.15) is 6.10 Å². The zero-order valence-corrected chi connectivity index (χ0v) is 21.5. The smallest absolute Gasteiger partial charge is 0.449 e. The highest BCUT2D eigenvalue weighted by Gasteiger charge is 2.42. The van der Waals surface area contributed by atoms with Crippen LogP contribution in [0.15, 0.2) is 48.7 Å². The van der Waals surface area contributed by atoms with E-state index in [1.54, 1.807) is 24.3 Å². The number of H-pyrrole nitrogens is 1. The molecule has 0 saturated carbocycles. The lowest BCUT2D eigenvalue weighted by atomic mass is 10.0. The van der Waals surface area contributed by atoms with E-state index in [0.717, 1.165) is 29.3 Å². The summed E-state index contributed by atoms with van der Waals surface area (Å²) in [6.07, 6.45) is -2.41. The second-order valence-electron chi connectivity index (χ2n) is 9.36. The summed E-state index contributed by atoms with van der Waals surface area (Å²) in [5, 5.41) is 7.43. The van der Waals surface area contributed by atoms with Gasteiger partial charge in [-0.3, -0.25) is 4.79 Å². The number of hydrogen-bond acceptors (Lipinski definition) is 5. The highest BCUT2D eigenvalue weighted by Crippen LogP contribution is 2.27. The summed E-state index contributed by atoms with van der Waals surface area (Å²) < 4.78 is 48.7. The van der Waals surface area contributed by atoms with Crippen LogP contribution in [-0.2, 0) is 20.7 Å². The molecule has 1 aromatic heterocycles. The van der Waals surface area contributed by atoms with E-state index in [9.17, 15) is 22.8 Å². The molecule has 11 heteroatoms. The van der Waals surface area contributed by atoms with E-state index < -0.39 is 18.2 Å². The fourth-order valence-electron chi connectivity index (χ4n) is 4.52. The van der Waals surface area contributed by atoms with E-state index in [4.69, 9.17) is 21.1 Å². The maximum absolute atomic E-state index is 12.9. The summed E-state index contributed by atoms with van der Waals surface area (Å²) in [5.41, 5.74) is 2.55. The second-order valence-corrected chi connectivity index (χ2v) is 9.80. The highest BCUT2D eigenvalue weighted by molar-refractivity contribution is 6.30. The van der Waals surface area contributed by atoms with Crippen LogP contribution in [0.2, 0.25) is 5.02 Å². The van der Waals surface area contributed by atoms with Crippen molar-refractivity contribution in [2.75, 3.05) is 19.8 Å². The van der Waals surface area contributed by atoms with Gasteiger partial charge < -0.3 is 25.1 Å². The number of alkyl halides is 3. The normalized spacial score (nSPS) is 16.2. The molecule has 0 aliphatic carbocycles. The number of rotatable bonds is 9. The first-order valence-corrected chi connectivity index (χ1v) is 12.7. The molecule has 2 heterocycles. The van der Waals surface area contributed by atoms with Gasteiger partial charge in [0.15, 0.2) is 0 Å². The van der Waals surface area contributed by atoms with Gasteiger partial charge >= 0.3 is 12.1 Å². The average Bonchev–Trinajstić information content (AvgIpc) is 3.29. The van der Waals surface area contributed by atoms with E-state index in [1.165, 1.54) is 6.07 Å². The molecule has 0 radical (unpaired) electrons. The van der Waals surface area contributed by atoms with Gasteiger partial charge in [-0.15, -0.1) is 0 Å². The minimum atomic E-state index is -5.11. The van der Waals surface area contributed by atoms with E-state index in [2.05, 4.69) is 15.6 Å². The van der Waals surface area contributed by atoms with Gasteiger partial charge in [0.2, 0.25) is 0 Å². The highest BCUT2D eigenvalue weighted by atomic mass is 35.5. The van der Waals surface area contributed by atoms with Gasteiger partial charge in [0, 0.05) is 48.4 Å². The topological polar surface area (TPSA) is 92.5 Å². The predicted molar refractivity (Wildman–Crippen MR) is 137 cm³/mol. The van der Waals surface area contributed by atoms with Gasteiger partial charge in [-0.1, -0.05) is 35.9 Å². The lowest BCUT2D eigenvalue weighted by Gasteiger charge is -2.23. The van der Waals surface area contributed by atoms with Gasteiger partial charge in [-0.2, -0.15) is 13.2 Å². The largest absolute Gasteiger partial charge is 0.490 e. The first kappa shape index (κ1) is 27.9. The molecule has 0 spiro atoms. The van der Waals surface area contributed by atoms with Gasteiger partial charge in [0.05, 0.1) is 11.1 Å². The average molecular weight is 552 g/mol. The van der Waals surface area contributed by atoms with E-state index >= 15 is 0 Å². The van der Waals surface area contributed by atoms with Crippen LogP contribution in [0.3, 0.4) is 0 Å². The van der Waals surface area contributed by atoms with Crippen molar-refractivity contribution in [3.8, 4) is 0 Å². The zero-order valence-electron chi connectivity index (χ0n) is 20.7. The Morgan fingerprint density at radius 1 is 1.18 bits per heavy atom. The summed E-state index contributed by atoms with van der Waals surface area (Å²) in [6.45, 7) is 3.08. The van der Waals surface area contributed by atoms with Gasteiger partial charge in [-0.25, -0.2) is 4.79 Å². The predicted octanol–water partition coefficient (Wildman–Crippen LogP) is 5.10. The number of fused-ring (bicyclic) bond motifs is 1. The molecule has 1 saturated heterocycles. The molecule has 4 rings (SSSR count). The summed E-state index contributed by atoms with van der Waals surface area (Å²) in [7, 11) is 0. The number of nitrogens with one attached hydrogen (secondary N) is 3. The Hall–Kier alpha value is -3.08. The molecular weight excluding hydrogens is 523 g/mol. The molecule has 0 bridgehead atoms. The van der Waals surface area contributed by atoms with Gasteiger partial charge in [0.25, 0.3) is 5.91 Å². The van der Waals surface area contributed by atoms with Crippen molar-refractivity contribution in [2.24, 2.45) is 0 Å². The van der Waals surface area contributed by atoms with Crippen LogP contribution in [0.1, 0.15) is 47.4 Å². The van der Waals surface area contributed by atoms with E-state index in [-0.39, 0.29) is 24.5 Å². The summed E-state index contributed by atoms with van der Waals surface area (Å²) in [6, 6.07) is 11.6. The third-order valence-corrected chi connectivity index (χ3v) is 6.72. The fraction of sp³-hybridized carbons (Fsp3) is 0.407. The molecule has 204 valence electrons. The fourth-order valence-corrected chi connectivity index (χ4v) is 4.72. The van der Waals surface area contributed by atoms with Crippen molar-refractivity contribution in [3.63, 3.8) is 0 Å². The first-order chi connectivity index (χ1) is 18.1. The Morgan fingerprint density at radius 3 is 2.63 bits per heavy atom. The molecule has 38 heavy (non-hydrogen) atoms. The number of aromatic nitrogens is 1. The maximum atomic E-state index is 12.9. The summed E-state index contributed by atoms with van der Waals surface area (Å²) in [4.78, 5) is 27.7. The van der Waals surface area contributed by atoms with Crippen molar-refractivity contribution >= 4 is 34.4 Å². The molecule has 2 aromatic carbocycles. The number of ether oxygens (including phenoxy) is 2. The molecule has 0 unspecified atom stereocenters. The monoisotopic (exact) mass is 551 g/mol. The number of amides is 1. The Balaban J connectivity index is 1.43. The number of para-hydroxylation sites is 1. The number of carbonyl (C=O) groups is 2. The molecular formula is C27H29ClF3N3O4. The van der Waals surface area contributed by atoms with Crippen molar-refractivity contribution in [1.82, 2.24) is 15.6 Å². The summed E-state index contributed by atoms with van der Waals surface area (Å²) in [5.74, 6) is -2.42. The van der Waals surface area contributed by atoms with Crippen LogP contribution in [-0.4, -0.2) is 54.9 Å². The number of carbonyl (C=O) groups excluding carboxylic acids is 2. The SMILES string of the molecule is C[C@H](Cc1c[nH]c2c(C(=O)NC3CCOCC3)cccc12)NC[C@H](OC(=O)C(F)(F)F)c1cccc(Cl)c1. The van der Waals surface area contributed by atoms with Crippen molar-refractivity contribution in [3.05, 3.63) is 70.4 Å². The minimum Gasteiger partial charge on any atom is -0.449 e. The molecule has 1 aliphatic heterocycles. The number of halogens is 4. The second kappa shape index (κ2) is 12.2. The summed E-state index contributed by atoms with van der Waals surface area (Å²) >= 11 is 6.00. The van der Waals surface area contributed by atoms with Crippen LogP contribution in [0.4, 0.5) is 13.2 Å². The lowest BCUT2D eigenvalue weighted by Crippen LogP contribution is -2.38. The van der Waals surface area contributed by atoms with Crippen LogP contribution in [0.25, 0.3) is 10.9 Å². The molecule has 1 aliphatic rings. The zero-order chi connectivity index (χ0) is 27.3.